The predicted octanol–water partition coefficient (Wildman–Crippen LogP) is 3.25. The van der Waals surface area contributed by atoms with Gasteiger partial charge in [-0.1, -0.05) is 43.7 Å². The second-order valence-corrected chi connectivity index (χ2v) is 8.87. The first-order valence-corrected chi connectivity index (χ1v) is 11.5. The number of carbonyl (C=O) groups excluding carboxylic acids is 4. The Morgan fingerprint density at radius 2 is 1.49 bits per heavy atom. The van der Waals surface area contributed by atoms with Crippen LogP contribution in [-0.4, -0.2) is 48.9 Å². The van der Waals surface area contributed by atoms with Gasteiger partial charge in [0.2, 0.25) is 11.8 Å². The van der Waals surface area contributed by atoms with Gasteiger partial charge in [0.1, 0.15) is 17.8 Å². The van der Waals surface area contributed by atoms with Gasteiger partial charge in [-0.3, -0.25) is 19.2 Å². The molecule has 2 aromatic carbocycles. The molecule has 3 N–H and O–H groups in total. The summed E-state index contributed by atoms with van der Waals surface area (Å²) >= 11 is 0. The topological polar surface area (TPSA) is 114 Å². The average Bonchev–Trinajstić information content (AvgIpc) is 2.84. The molecule has 2 aromatic rings. The summed E-state index contributed by atoms with van der Waals surface area (Å²) in [5, 5.41) is 7.12. The largest absolute Gasteiger partial charge is 0.497 e. The smallest absolute Gasteiger partial charge is 0.452 e. The molecule has 11 heteroatoms. The Balaban J connectivity index is 2.27. The molecule has 0 saturated heterocycles. The summed E-state index contributed by atoms with van der Waals surface area (Å²) in [5.41, 5.74) is 1.40. The number of benzene rings is 2. The normalized spacial score (nSPS) is 13.8. The number of Topliss-reactive ketones (excluding diaryl/α,β-unsaturated/α-hetero) is 1. The number of hydrogen-bond acceptors (Lipinski definition) is 5. The van der Waals surface area contributed by atoms with E-state index in [2.05, 4.69) is 16.0 Å². The zero-order valence-corrected chi connectivity index (χ0v) is 21.1. The first kappa shape index (κ1) is 29.3. The number of alkyl halides is 3. The molecular weight excluding hydrogens is 491 g/mol. The molecule has 0 aromatic heterocycles. The average molecular weight is 522 g/mol. The third-order valence-electron chi connectivity index (χ3n) is 5.55. The quantitative estimate of drug-likeness (QED) is 0.444. The summed E-state index contributed by atoms with van der Waals surface area (Å²) in [6, 6.07) is 8.20. The number of amides is 3. The van der Waals surface area contributed by atoms with Crippen LogP contribution in [-0.2, 0) is 14.4 Å². The molecule has 0 heterocycles. The predicted molar refractivity (Wildman–Crippen MR) is 130 cm³/mol. The zero-order valence-electron chi connectivity index (χ0n) is 21.1. The highest BCUT2D eigenvalue weighted by molar-refractivity contribution is 5.99. The van der Waals surface area contributed by atoms with Crippen LogP contribution < -0.4 is 20.7 Å². The van der Waals surface area contributed by atoms with Gasteiger partial charge in [-0.05, 0) is 49.6 Å². The number of ether oxygens (including phenoxy) is 1. The number of halogens is 3. The van der Waals surface area contributed by atoms with E-state index in [0.29, 0.717) is 11.3 Å². The fourth-order valence-electron chi connectivity index (χ4n) is 3.44. The van der Waals surface area contributed by atoms with Crippen molar-refractivity contribution in [1.82, 2.24) is 16.0 Å². The van der Waals surface area contributed by atoms with Crippen LogP contribution >= 0.6 is 0 Å². The molecule has 0 radical (unpaired) electrons. The van der Waals surface area contributed by atoms with E-state index in [1.54, 1.807) is 31.2 Å². The van der Waals surface area contributed by atoms with Crippen molar-refractivity contribution < 1.29 is 37.1 Å². The van der Waals surface area contributed by atoms with E-state index < -0.39 is 53.7 Å². The molecule has 8 nitrogen and oxygen atoms in total. The molecule has 3 unspecified atom stereocenters. The highest BCUT2D eigenvalue weighted by Crippen LogP contribution is 2.23. The van der Waals surface area contributed by atoms with Crippen molar-refractivity contribution in [3.8, 4) is 5.75 Å². The Hall–Kier alpha value is -3.89. The van der Waals surface area contributed by atoms with Crippen LogP contribution in [0.25, 0.3) is 0 Å². The summed E-state index contributed by atoms with van der Waals surface area (Å²) in [6.45, 7) is 5.92. The van der Waals surface area contributed by atoms with Gasteiger partial charge in [0.25, 0.3) is 11.7 Å². The van der Waals surface area contributed by atoms with Gasteiger partial charge in [0, 0.05) is 5.56 Å². The first-order chi connectivity index (χ1) is 17.2. The molecule has 200 valence electrons. The van der Waals surface area contributed by atoms with Crippen molar-refractivity contribution in [3.05, 3.63) is 65.2 Å². The molecule has 0 aliphatic carbocycles. The maximum Gasteiger partial charge on any atom is 0.452 e. The van der Waals surface area contributed by atoms with Crippen LogP contribution in [0.2, 0.25) is 0 Å². The molecule has 3 atom stereocenters. The van der Waals surface area contributed by atoms with Gasteiger partial charge >= 0.3 is 6.18 Å². The minimum atomic E-state index is -5.16. The van der Waals surface area contributed by atoms with Crippen LogP contribution in [0.15, 0.2) is 48.5 Å². The first-order valence-electron chi connectivity index (χ1n) is 11.5. The number of methoxy groups -OCH3 is 1. The van der Waals surface area contributed by atoms with Crippen LogP contribution in [0.5, 0.6) is 5.75 Å². The third-order valence-corrected chi connectivity index (χ3v) is 5.55. The lowest BCUT2D eigenvalue weighted by molar-refractivity contribution is -0.175. The molecule has 3 amide bonds. The minimum absolute atomic E-state index is 0.228. The Kier molecular flexibility index (Phi) is 9.81. The molecule has 0 saturated carbocycles. The maximum absolute atomic E-state index is 13.1. The second kappa shape index (κ2) is 12.4. The van der Waals surface area contributed by atoms with Gasteiger partial charge in [-0.2, -0.15) is 13.2 Å². The van der Waals surface area contributed by atoms with E-state index >= 15 is 0 Å². The molecular formula is C26H30F3N3O5. The Morgan fingerprint density at radius 1 is 0.865 bits per heavy atom. The summed E-state index contributed by atoms with van der Waals surface area (Å²) in [5.74, 6) is -4.84. The summed E-state index contributed by atoms with van der Waals surface area (Å²) in [6.07, 6.45) is -5.16. The van der Waals surface area contributed by atoms with Crippen molar-refractivity contribution in [2.45, 2.75) is 52.0 Å². The van der Waals surface area contributed by atoms with Crippen LogP contribution in [0.3, 0.4) is 0 Å². The summed E-state index contributed by atoms with van der Waals surface area (Å²) in [4.78, 5) is 50.5. The molecule has 37 heavy (non-hydrogen) atoms. The second-order valence-electron chi connectivity index (χ2n) is 8.87. The van der Waals surface area contributed by atoms with E-state index in [1.165, 1.54) is 52.1 Å². The molecule has 0 fully saturated rings. The van der Waals surface area contributed by atoms with Crippen molar-refractivity contribution in [2.75, 3.05) is 7.11 Å². The van der Waals surface area contributed by atoms with Crippen molar-refractivity contribution >= 4 is 23.5 Å². The standard InChI is InChI=1S/C26H30F3N3O5/c1-14(2)20(22(33)26(27,28)29)31-25(36)21(17-9-11-19(37-5)12-10-17)32-23(34)16(4)30-24(35)18-8-6-7-15(3)13-18/h6-14,16,20-21H,1-5H3,(H,30,35)(H,31,36)(H,32,34). The minimum Gasteiger partial charge on any atom is -0.497 e. The van der Waals surface area contributed by atoms with E-state index in [1.807, 2.05) is 0 Å². The number of ketones is 1. The van der Waals surface area contributed by atoms with E-state index in [4.69, 9.17) is 4.74 Å². The van der Waals surface area contributed by atoms with Crippen LogP contribution in [0.4, 0.5) is 13.2 Å². The van der Waals surface area contributed by atoms with Gasteiger partial charge < -0.3 is 20.7 Å². The van der Waals surface area contributed by atoms with Crippen molar-refractivity contribution in [1.29, 1.82) is 0 Å². The monoisotopic (exact) mass is 521 g/mol. The van der Waals surface area contributed by atoms with Gasteiger partial charge in [-0.25, -0.2) is 0 Å². The molecule has 0 aliphatic rings. The number of aryl methyl sites for hydroxylation is 1. The van der Waals surface area contributed by atoms with E-state index in [-0.39, 0.29) is 5.56 Å². The Labute approximate surface area is 213 Å². The van der Waals surface area contributed by atoms with Crippen molar-refractivity contribution in [3.63, 3.8) is 0 Å². The Morgan fingerprint density at radius 3 is 2.00 bits per heavy atom. The molecule has 0 spiro atoms. The van der Waals surface area contributed by atoms with Crippen LogP contribution in [0.1, 0.15) is 48.3 Å². The fraction of sp³-hybridized carbons (Fsp3) is 0.385. The highest BCUT2D eigenvalue weighted by Gasteiger charge is 2.45. The van der Waals surface area contributed by atoms with Gasteiger partial charge in [0.15, 0.2) is 0 Å². The number of rotatable bonds is 10. The van der Waals surface area contributed by atoms with E-state index in [9.17, 15) is 32.3 Å². The van der Waals surface area contributed by atoms with Crippen molar-refractivity contribution in [2.24, 2.45) is 5.92 Å². The van der Waals surface area contributed by atoms with Gasteiger partial charge in [0.05, 0.1) is 13.2 Å². The maximum atomic E-state index is 13.1. The van der Waals surface area contributed by atoms with Gasteiger partial charge in [-0.15, -0.1) is 0 Å². The lowest BCUT2D eigenvalue weighted by Crippen LogP contribution is -2.54. The number of hydrogen-bond donors (Lipinski definition) is 3. The summed E-state index contributed by atoms with van der Waals surface area (Å²) < 4.78 is 44.4. The fourth-order valence-corrected chi connectivity index (χ4v) is 3.44. The number of carbonyl (C=O) groups is 4. The SMILES string of the molecule is COc1ccc(C(NC(=O)C(C)NC(=O)c2cccc(C)c2)C(=O)NC(C(=O)C(F)(F)F)C(C)C)cc1. The lowest BCUT2D eigenvalue weighted by Gasteiger charge is -2.26. The zero-order chi connectivity index (χ0) is 27.9. The molecule has 2 rings (SSSR count). The molecule has 0 bridgehead atoms. The van der Waals surface area contributed by atoms with Crippen LogP contribution in [0, 0.1) is 12.8 Å². The Bertz CT molecular complexity index is 1130. The van der Waals surface area contributed by atoms with E-state index in [0.717, 1.165) is 5.56 Å². The molecule has 0 aliphatic heterocycles. The third kappa shape index (κ3) is 8.06. The lowest BCUT2D eigenvalue weighted by atomic mass is 9.97. The highest BCUT2D eigenvalue weighted by atomic mass is 19.4. The number of nitrogens with one attached hydrogen (secondary N) is 3. The summed E-state index contributed by atoms with van der Waals surface area (Å²) in [7, 11) is 1.43.